The third-order valence-electron chi connectivity index (χ3n) is 5.39. The average molecular weight is 504 g/mol. The number of alkyl carbamates (subject to hydrolysis) is 1. The van der Waals surface area contributed by atoms with Crippen molar-refractivity contribution in [1.82, 2.24) is 16.0 Å². The summed E-state index contributed by atoms with van der Waals surface area (Å²) in [6.45, 7) is 2.76. The molecule has 12 nitrogen and oxygen atoms in total. The lowest BCUT2D eigenvalue weighted by Gasteiger charge is -2.21. The molecule has 2 unspecified atom stereocenters. The van der Waals surface area contributed by atoms with Crippen LogP contribution in [0.25, 0.3) is 0 Å². The number of primary amides is 1. The smallest absolute Gasteiger partial charge is 0.407 e. The molecule has 2 atom stereocenters. The molecule has 0 aliphatic carbocycles. The molecule has 0 aliphatic heterocycles. The van der Waals surface area contributed by atoms with Crippen LogP contribution in [-0.4, -0.2) is 76.1 Å². The number of carbonyl (C=O) groups excluding carboxylic acids is 3. The standard InChI is InChI=1S/C23H49N7O5/c24-12-6-2-1-3-9-15-28-16-21(31)29-19(10-4-7-13-25)18-35-23(33)30-20(11-5-8-14-26)17-34-22(27)32/h19-20,28H,1-18,24-26H2,(H2,27,32)(H,29,31)(H,30,33). The fraction of sp³-hybridized carbons (Fsp3) is 0.870. The second kappa shape index (κ2) is 23.6. The van der Waals surface area contributed by atoms with E-state index in [2.05, 4.69) is 16.0 Å². The lowest BCUT2D eigenvalue weighted by atomic mass is 10.1. The second-order valence-corrected chi connectivity index (χ2v) is 8.64. The molecule has 0 aromatic carbocycles. The number of unbranched alkanes of at least 4 members (excludes halogenated alkanes) is 6. The Balaban J connectivity index is 4.44. The maximum atomic E-state index is 12.3. The van der Waals surface area contributed by atoms with Gasteiger partial charge in [0, 0.05) is 0 Å². The van der Waals surface area contributed by atoms with Crippen LogP contribution in [0.2, 0.25) is 0 Å². The molecule has 0 saturated carbocycles. The van der Waals surface area contributed by atoms with Crippen molar-refractivity contribution in [3.63, 3.8) is 0 Å². The Labute approximate surface area is 209 Å². The molecule has 0 saturated heterocycles. The van der Waals surface area contributed by atoms with Crippen LogP contribution in [0.4, 0.5) is 9.59 Å². The van der Waals surface area contributed by atoms with E-state index in [1.807, 2.05) is 0 Å². The summed E-state index contributed by atoms with van der Waals surface area (Å²) in [5.41, 5.74) is 21.6. The SMILES string of the molecule is NCCCCCCCNCC(=O)NC(CCCCN)COC(=O)NC(CCCCN)COC(N)=O. The Hall–Kier alpha value is -2.15. The molecule has 0 aromatic rings. The van der Waals surface area contributed by atoms with E-state index in [0.717, 1.165) is 70.9 Å². The summed E-state index contributed by atoms with van der Waals surface area (Å²) < 4.78 is 10.2. The minimum Gasteiger partial charge on any atom is -0.448 e. The van der Waals surface area contributed by atoms with Crippen molar-refractivity contribution in [3.05, 3.63) is 0 Å². The van der Waals surface area contributed by atoms with E-state index in [1.165, 1.54) is 0 Å². The van der Waals surface area contributed by atoms with E-state index in [4.69, 9.17) is 32.4 Å². The zero-order valence-electron chi connectivity index (χ0n) is 21.2. The van der Waals surface area contributed by atoms with Gasteiger partial charge in [-0.15, -0.1) is 0 Å². The molecule has 11 N–H and O–H groups in total. The number of carbonyl (C=O) groups is 3. The highest BCUT2D eigenvalue weighted by Crippen LogP contribution is 2.05. The third-order valence-corrected chi connectivity index (χ3v) is 5.39. The molecular weight excluding hydrogens is 454 g/mol. The molecule has 12 heteroatoms. The summed E-state index contributed by atoms with van der Waals surface area (Å²) in [6.07, 6.45) is 8.25. The fourth-order valence-electron chi connectivity index (χ4n) is 3.44. The summed E-state index contributed by atoms with van der Waals surface area (Å²) in [4.78, 5) is 35.6. The van der Waals surface area contributed by atoms with Crippen LogP contribution >= 0.6 is 0 Å². The van der Waals surface area contributed by atoms with Gasteiger partial charge in [0.25, 0.3) is 0 Å². The van der Waals surface area contributed by atoms with Crippen LogP contribution in [0.5, 0.6) is 0 Å². The lowest BCUT2D eigenvalue weighted by Crippen LogP contribution is -2.45. The Bertz CT molecular complexity index is 554. The number of amides is 3. The Kier molecular flexibility index (Phi) is 22.1. The first-order chi connectivity index (χ1) is 16.9. The number of nitrogens with one attached hydrogen (secondary N) is 3. The molecule has 0 bridgehead atoms. The Morgan fingerprint density at radius 2 is 1.17 bits per heavy atom. The van der Waals surface area contributed by atoms with Gasteiger partial charge in [0.15, 0.2) is 0 Å². The van der Waals surface area contributed by atoms with Gasteiger partial charge in [-0.2, -0.15) is 0 Å². The molecule has 0 fully saturated rings. The summed E-state index contributed by atoms with van der Waals surface area (Å²) in [5, 5.41) is 8.76. The van der Waals surface area contributed by atoms with E-state index in [-0.39, 0.29) is 31.7 Å². The number of nitrogens with two attached hydrogens (primary N) is 4. The third kappa shape index (κ3) is 22.1. The van der Waals surface area contributed by atoms with Crippen molar-refractivity contribution >= 4 is 18.1 Å². The molecule has 3 amide bonds. The van der Waals surface area contributed by atoms with Crippen LogP contribution in [0.3, 0.4) is 0 Å². The van der Waals surface area contributed by atoms with Crippen molar-refractivity contribution in [2.75, 3.05) is 45.9 Å². The monoisotopic (exact) mass is 503 g/mol. The van der Waals surface area contributed by atoms with Gasteiger partial charge in [0.05, 0.1) is 18.6 Å². The van der Waals surface area contributed by atoms with Crippen molar-refractivity contribution in [3.8, 4) is 0 Å². The zero-order chi connectivity index (χ0) is 26.2. The predicted octanol–water partition coefficient (Wildman–Crippen LogP) is 0.418. The number of ether oxygens (including phenoxy) is 2. The fourth-order valence-corrected chi connectivity index (χ4v) is 3.44. The van der Waals surface area contributed by atoms with Crippen molar-refractivity contribution in [1.29, 1.82) is 0 Å². The first kappa shape index (κ1) is 32.8. The number of rotatable bonds is 23. The van der Waals surface area contributed by atoms with Crippen molar-refractivity contribution < 1.29 is 23.9 Å². The summed E-state index contributed by atoms with van der Waals surface area (Å²) in [5.74, 6) is -0.149. The van der Waals surface area contributed by atoms with Crippen LogP contribution in [0.15, 0.2) is 0 Å². The average Bonchev–Trinajstić information content (AvgIpc) is 2.82. The van der Waals surface area contributed by atoms with Crippen LogP contribution in [0.1, 0.15) is 70.6 Å². The summed E-state index contributed by atoms with van der Waals surface area (Å²) in [6, 6.07) is -0.762. The number of hydrogen-bond acceptors (Lipinski definition) is 9. The lowest BCUT2D eigenvalue weighted by molar-refractivity contribution is -0.121. The van der Waals surface area contributed by atoms with Crippen LogP contribution < -0.4 is 38.9 Å². The van der Waals surface area contributed by atoms with Gasteiger partial charge in [-0.3, -0.25) is 4.79 Å². The minimum absolute atomic E-state index is 0.0233. The minimum atomic E-state index is -0.910. The second-order valence-electron chi connectivity index (χ2n) is 8.64. The molecule has 0 aromatic heterocycles. The van der Waals surface area contributed by atoms with E-state index >= 15 is 0 Å². The normalized spacial score (nSPS) is 12.5. The number of hydrogen-bond donors (Lipinski definition) is 7. The molecule has 206 valence electrons. The molecule has 0 radical (unpaired) electrons. The van der Waals surface area contributed by atoms with Gasteiger partial charge < -0.3 is 48.4 Å². The van der Waals surface area contributed by atoms with E-state index in [1.54, 1.807) is 0 Å². The van der Waals surface area contributed by atoms with Gasteiger partial charge in [0.1, 0.15) is 13.2 Å². The van der Waals surface area contributed by atoms with Gasteiger partial charge in [-0.25, -0.2) is 9.59 Å². The van der Waals surface area contributed by atoms with Gasteiger partial charge in [-0.05, 0) is 64.7 Å². The highest BCUT2D eigenvalue weighted by molar-refractivity contribution is 5.78. The van der Waals surface area contributed by atoms with Crippen LogP contribution in [0, 0.1) is 0 Å². The molecular formula is C23H49N7O5. The topological polar surface area (TPSA) is 210 Å². The first-order valence-corrected chi connectivity index (χ1v) is 12.9. The zero-order valence-corrected chi connectivity index (χ0v) is 21.2. The highest BCUT2D eigenvalue weighted by atomic mass is 16.6. The Morgan fingerprint density at radius 1 is 0.657 bits per heavy atom. The summed E-state index contributed by atoms with van der Waals surface area (Å²) >= 11 is 0. The predicted molar refractivity (Wildman–Crippen MR) is 137 cm³/mol. The van der Waals surface area contributed by atoms with Gasteiger partial charge in [-0.1, -0.05) is 32.1 Å². The largest absolute Gasteiger partial charge is 0.448 e. The molecule has 0 spiro atoms. The van der Waals surface area contributed by atoms with E-state index in [9.17, 15) is 14.4 Å². The van der Waals surface area contributed by atoms with Crippen LogP contribution in [-0.2, 0) is 14.3 Å². The first-order valence-electron chi connectivity index (χ1n) is 12.9. The highest BCUT2D eigenvalue weighted by Gasteiger charge is 2.18. The van der Waals surface area contributed by atoms with Gasteiger partial charge >= 0.3 is 12.2 Å². The van der Waals surface area contributed by atoms with Gasteiger partial charge in [0.2, 0.25) is 5.91 Å². The van der Waals surface area contributed by atoms with E-state index in [0.29, 0.717) is 25.9 Å². The van der Waals surface area contributed by atoms with E-state index < -0.39 is 18.2 Å². The maximum Gasteiger partial charge on any atom is 0.407 e. The molecule has 35 heavy (non-hydrogen) atoms. The van der Waals surface area contributed by atoms with Crippen molar-refractivity contribution in [2.45, 2.75) is 82.7 Å². The van der Waals surface area contributed by atoms with Crippen molar-refractivity contribution in [2.24, 2.45) is 22.9 Å². The summed E-state index contributed by atoms with van der Waals surface area (Å²) in [7, 11) is 0. The molecule has 0 aliphatic rings. The maximum absolute atomic E-state index is 12.3. The molecule has 0 rings (SSSR count). The quantitative estimate of drug-likeness (QED) is 0.0961. The Morgan fingerprint density at radius 3 is 1.77 bits per heavy atom. The molecule has 0 heterocycles.